The summed E-state index contributed by atoms with van der Waals surface area (Å²) in [5.74, 6) is 0. The number of rotatable bonds is 1. The van der Waals surface area contributed by atoms with Gasteiger partial charge in [-0.15, -0.1) is 0 Å². The van der Waals surface area contributed by atoms with Crippen molar-refractivity contribution in [2.45, 2.75) is 49.2 Å². The van der Waals surface area contributed by atoms with E-state index in [9.17, 15) is 5.11 Å². The van der Waals surface area contributed by atoms with Crippen molar-refractivity contribution in [1.82, 2.24) is 4.90 Å². The first-order valence-electron chi connectivity index (χ1n) is 5.68. The molecule has 2 unspecified atom stereocenters. The molecule has 0 aromatic heterocycles. The Labute approximate surface area is 100 Å². The predicted octanol–water partition coefficient (Wildman–Crippen LogP) is 2.39. The van der Waals surface area contributed by atoms with E-state index in [4.69, 9.17) is 0 Å². The van der Waals surface area contributed by atoms with Crippen molar-refractivity contribution in [3.05, 3.63) is 0 Å². The van der Waals surface area contributed by atoms with Crippen LogP contribution in [0.3, 0.4) is 0 Å². The van der Waals surface area contributed by atoms with Crippen molar-refractivity contribution in [2.75, 3.05) is 13.1 Å². The van der Waals surface area contributed by atoms with Crippen LogP contribution in [0.4, 0.5) is 0 Å². The van der Waals surface area contributed by atoms with E-state index in [1.165, 1.54) is 32.4 Å². The first-order valence-corrected chi connectivity index (χ1v) is 6.92. The molecule has 1 spiro atoms. The molecular formula is C11H20INO. The van der Waals surface area contributed by atoms with Crippen molar-refractivity contribution in [1.29, 1.82) is 0 Å². The summed E-state index contributed by atoms with van der Waals surface area (Å²) in [6.07, 6.45) is 5.97. The highest BCUT2D eigenvalue weighted by Gasteiger charge is 2.40. The molecule has 1 aliphatic heterocycles. The van der Waals surface area contributed by atoms with Crippen molar-refractivity contribution < 1.29 is 5.11 Å². The Morgan fingerprint density at radius 2 is 2.00 bits per heavy atom. The van der Waals surface area contributed by atoms with Gasteiger partial charge in [0.05, 0.1) is 10.2 Å². The molecule has 1 aliphatic carbocycles. The van der Waals surface area contributed by atoms with E-state index < -0.39 is 0 Å². The molecule has 2 atom stereocenters. The second-order valence-electron chi connectivity index (χ2n) is 5.01. The van der Waals surface area contributed by atoms with Crippen LogP contribution < -0.4 is 0 Å². The summed E-state index contributed by atoms with van der Waals surface area (Å²) in [4.78, 5) is 2.55. The lowest BCUT2D eigenvalue weighted by Gasteiger charge is -2.40. The van der Waals surface area contributed by atoms with Gasteiger partial charge in [-0.25, -0.2) is 0 Å². The fraction of sp³-hybridized carbons (Fsp3) is 1.00. The van der Waals surface area contributed by atoms with Crippen LogP contribution in [0.2, 0.25) is 0 Å². The van der Waals surface area contributed by atoms with Crippen molar-refractivity contribution in [3.8, 4) is 0 Å². The van der Waals surface area contributed by atoms with Crippen LogP contribution in [0.25, 0.3) is 0 Å². The lowest BCUT2D eigenvalue weighted by molar-refractivity contribution is 0.0885. The molecule has 3 heteroatoms. The molecule has 82 valence electrons. The van der Waals surface area contributed by atoms with E-state index in [0.717, 1.165) is 12.8 Å². The zero-order valence-corrected chi connectivity index (χ0v) is 11.0. The van der Waals surface area contributed by atoms with Crippen LogP contribution in [0.5, 0.6) is 0 Å². The highest BCUT2D eigenvalue weighted by Crippen LogP contribution is 2.46. The molecule has 1 heterocycles. The normalized spacial score (nSPS) is 34.9. The second kappa shape index (κ2) is 4.26. The third kappa shape index (κ3) is 2.25. The van der Waals surface area contributed by atoms with E-state index in [0.29, 0.717) is 9.46 Å². The lowest BCUT2D eigenvalue weighted by atomic mass is 9.77. The van der Waals surface area contributed by atoms with Gasteiger partial charge in [0.25, 0.3) is 0 Å². The van der Waals surface area contributed by atoms with Gasteiger partial charge in [-0.05, 0) is 57.5 Å². The number of nitrogens with zero attached hydrogens (tertiary/aromatic N) is 1. The quantitative estimate of drug-likeness (QED) is 0.457. The SMILES string of the molecule is CC(I)N1CCC2(CCC(O)C2)CC1. The largest absolute Gasteiger partial charge is 0.393 e. The molecule has 1 N–H and O–H groups in total. The Hall–Kier alpha value is 0.650. The molecule has 1 saturated carbocycles. The van der Waals surface area contributed by atoms with Gasteiger partial charge < -0.3 is 5.11 Å². The van der Waals surface area contributed by atoms with Crippen LogP contribution in [-0.4, -0.2) is 33.2 Å². The van der Waals surface area contributed by atoms with Gasteiger partial charge >= 0.3 is 0 Å². The van der Waals surface area contributed by atoms with Crippen LogP contribution in [-0.2, 0) is 0 Å². The third-order valence-corrected chi connectivity index (χ3v) is 4.83. The number of halogens is 1. The number of aliphatic hydroxyl groups excluding tert-OH is 1. The molecule has 2 nitrogen and oxygen atoms in total. The number of hydrogen-bond acceptors (Lipinski definition) is 2. The molecule has 2 aliphatic rings. The Morgan fingerprint density at radius 3 is 2.43 bits per heavy atom. The first kappa shape index (κ1) is 11.1. The third-order valence-electron chi connectivity index (χ3n) is 4.04. The number of piperidine rings is 1. The predicted molar refractivity (Wildman–Crippen MR) is 66.6 cm³/mol. The Kier molecular flexibility index (Phi) is 3.39. The fourth-order valence-electron chi connectivity index (χ4n) is 2.99. The van der Waals surface area contributed by atoms with Crippen LogP contribution >= 0.6 is 22.6 Å². The van der Waals surface area contributed by atoms with E-state index in [2.05, 4.69) is 34.4 Å². The highest BCUT2D eigenvalue weighted by atomic mass is 127. The minimum atomic E-state index is -0.00132. The average Bonchev–Trinajstić information content (AvgIpc) is 2.48. The lowest BCUT2D eigenvalue weighted by Crippen LogP contribution is -2.41. The van der Waals surface area contributed by atoms with E-state index in [1.54, 1.807) is 0 Å². The fourth-order valence-corrected chi connectivity index (χ4v) is 3.54. The maximum Gasteiger partial charge on any atom is 0.0589 e. The maximum absolute atomic E-state index is 9.61. The van der Waals surface area contributed by atoms with Crippen LogP contribution in [0, 0.1) is 5.41 Å². The van der Waals surface area contributed by atoms with Gasteiger partial charge in [-0.2, -0.15) is 0 Å². The number of alkyl halides is 1. The van der Waals surface area contributed by atoms with Gasteiger partial charge in [0, 0.05) is 0 Å². The summed E-state index contributed by atoms with van der Waals surface area (Å²) < 4.78 is 0.663. The molecule has 0 amide bonds. The van der Waals surface area contributed by atoms with Gasteiger partial charge in [-0.1, -0.05) is 22.6 Å². The summed E-state index contributed by atoms with van der Waals surface area (Å²) in [5, 5.41) is 9.61. The van der Waals surface area contributed by atoms with Crippen molar-refractivity contribution in [3.63, 3.8) is 0 Å². The highest BCUT2D eigenvalue weighted by molar-refractivity contribution is 14.1. The summed E-state index contributed by atoms with van der Waals surface area (Å²) >= 11 is 2.49. The van der Waals surface area contributed by atoms with Crippen molar-refractivity contribution >= 4 is 22.6 Å². The molecule has 14 heavy (non-hydrogen) atoms. The molecule has 0 aromatic carbocycles. The van der Waals surface area contributed by atoms with Gasteiger partial charge in [0.2, 0.25) is 0 Å². The number of hydrogen-bond donors (Lipinski definition) is 1. The van der Waals surface area contributed by atoms with Gasteiger partial charge in [-0.3, -0.25) is 4.90 Å². The smallest absolute Gasteiger partial charge is 0.0589 e. The standard InChI is InChI=1S/C11H20INO/c1-9(12)13-6-4-11(5-7-13)3-2-10(14)8-11/h9-10,14H,2-8H2,1H3. The second-order valence-corrected chi connectivity index (χ2v) is 6.81. The van der Waals surface area contributed by atoms with E-state index in [1.807, 2.05) is 0 Å². The zero-order valence-electron chi connectivity index (χ0n) is 8.88. The van der Waals surface area contributed by atoms with Gasteiger partial charge in [0.1, 0.15) is 0 Å². The van der Waals surface area contributed by atoms with Gasteiger partial charge in [0.15, 0.2) is 0 Å². The van der Waals surface area contributed by atoms with Crippen LogP contribution in [0.15, 0.2) is 0 Å². The molecule has 2 rings (SSSR count). The zero-order chi connectivity index (χ0) is 10.2. The molecule has 1 saturated heterocycles. The summed E-state index contributed by atoms with van der Waals surface area (Å²) in [7, 11) is 0. The summed E-state index contributed by atoms with van der Waals surface area (Å²) in [5.41, 5.74) is 0.515. The maximum atomic E-state index is 9.61. The first-order chi connectivity index (χ1) is 6.61. The molecule has 0 radical (unpaired) electrons. The Bertz CT molecular complexity index is 199. The van der Waals surface area contributed by atoms with Crippen LogP contribution in [0.1, 0.15) is 39.0 Å². The topological polar surface area (TPSA) is 23.5 Å². The molecule has 0 bridgehead atoms. The molecular weight excluding hydrogens is 289 g/mol. The summed E-state index contributed by atoms with van der Waals surface area (Å²) in [6.45, 7) is 4.73. The average molecular weight is 309 g/mol. The van der Waals surface area contributed by atoms with E-state index >= 15 is 0 Å². The monoisotopic (exact) mass is 309 g/mol. The minimum absolute atomic E-state index is 0.00132. The van der Waals surface area contributed by atoms with Crippen molar-refractivity contribution in [2.24, 2.45) is 5.41 Å². The number of likely N-dealkylation sites (tertiary alicyclic amines) is 1. The molecule has 0 aromatic rings. The Morgan fingerprint density at radius 1 is 1.36 bits per heavy atom. The minimum Gasteiger partial charge on any atom is -0.393 e. The number of aliphatic hydroxyl groups is 1. The summed E-state index contributed by atoms with van der Waals surface area (Å²) in [6, 6.07) is 0. The molecule has 2 fully saturated rings. The Balaban J connectivity index is 1.89. The van der Waals surface area contributed by atoms with E-state index in [-0.39, 0.29) is 6.10 Å².